The Bertz CT molecular complexity index is 757. The second-order valence-corrected chi connectivity index (χ2v) is 7.73. The van der Waals surface area contributed by atoms with E-state index in [-0.39, 0.29) is 10.8 Å². The average molecular weight is 343 g/mol. The minimum Gasteiger partial charge on any atom is -0.387 e. The van der Waals surface area contributed by atoms with E-state index in [1.54, 1.807) is 12.1 Å². The van der Waals surface area contributed by atoms with Crippen LogP contribution in [0.5, 0.6) is 0 Å². The zero-order chi connectivity index (χ0) is 16.3. The molecule has 0 aliphatic heterocycles. The number of benzene rings is 2. The molecule has 0 aromatic heterocycles. The average Bonchev–Trinajstić information content (AvgIpc) is 2.42. The van der Waals surface area contributed by atoms with Crippen molar-refractivity contribution in [1.82, 2.24) is 0 Å². The van der Waals surface area contributed by atoms with Crippen molar-refractivity contribution in [3.63, 3.8) is 0 Å². The Morgan fingerprint density at radius 2 is 1.82 bits per heavy atom. The summed E-state index contributed by atoms with van der Waals surface area (Å²) in [6, 6.07) is 10.6. The van der Waals surface area contributed by atoms with Crippen molar-refractivity contribution in [2.24, 2.45) is 0 Å². The van der Waals surface area contributed by atoms with Gasteiger partial charge in [-0.3, -0.25) is 0 Å². The van der Waals surface area contributed by atoms with E-state index in [4.69, 9.17) is 11.6 Å². The summed E-state index contributed by atoms with van der Waals surface area (Å²) < 4.78 is 37.3. The lowest BCUT2D eigenvalue weighted by Crippen LogP contribution is -2.16. The summed E-state index contributed by atoms with van der Waals surface area (Å²) in [5, 5.41) is 10.1. The quantitative estimate of drug-likeness (QED) is 0.905. The molecule has 0 bridgehead atoms. The van der Waals surface area contributed by atoms with E-state index < -0.39 is 27.5 Å². The molecule has 2 rings (SSSR count). The Balaban J connectivity index is 2.12. The lowest BCUT2D eigenvalue weighted by Gasteiger charge is -2.12. The molecule has 0 saturated heterocycles. The van der Waals surface area contributed by atoms with Gasteiger partial charge in [0.1, 0.15) is 5.82 Å². The van der Waals surface area contributed by atoms with Crippen molar-refractivity contribution in [3.05, 3.63) is 70.0 Å². The summed E-state index contributed by atoms with van der Waals surface area (Å²) >= 11 is 5.84. The van der Waals surface area contributed by atoms with Crippen LogP contribution in [-0.2, 0) is 15.6 Å². The monoisotopic (exact) mass is 342 g/mol. The number of sulfone groups is 1. The molecule has 2 aromatic carbocycles. The fraction of sp³-hybridized carbons (Fsp3) is 0.250. The van der Waals surface area contributed by atoms with E-state index in [0.29, 0.717) is 11.1 Å². The Kier molecular flexibility index (Phi) is 5.21. The van der Waals surface area contributed by atoms with Crippen LogP contribution in [0.4, 0.5) is 4.39 Å². The lowest BCUT2D eigenvalue weighted by molar-refractivity contribution is 0.201. The van der Waals surface area contributed by atoms with E-state index in [1.165, 1.54) is 6.07 Å². The van der Waals surface area contributed by atoms with Gasteiger partial charge in [0.15, 0.2) is 9.84 Å². The second kappa shape index (κ2) is 6.77. The molecule has 118 valence electrons. The van der Waals surface area contributed by atoms with E-state index >= 15 is 0 Å². The largest absolute Gasteiger partial charge is 0.387 e. The smallest absolute Gasteiger partial charge is 0.157 e. The molecule has 0 fully saturated rings. The fourth-order valence-electron chi connectivity index (χ4n) is 2.06. The first kappa shape index (κ1) is 16.9. The molecule has 0 amide bonds. The number of aliphatic hydroxyl groups excluding tert-OH is 1. The molecule has 1 N–H and O–H groups in total. The molecule has 0 radical (unpaired) electrons. The Hall–Kier alpha value is -1.43. The zero-order valence-corrected chi connectivity index (χ0v) is 13.5. The molecule has 22 heavy (non-hydrogen) atoms. The minimum atomic E-state index is -3.58. The van der Waals surface area contributed by atoms with Gasteiger partial charge in [0.25, 0.3) is 0 Å². The highest BCUT2D eigenvalue weighted by Gasteiger charge is 2.20. The van der Waals surface area contributed by atoms with Gasteiger partial charge in [0, 0.05) is 5.02 Å². The van der Waals surface area contributed by atoms with Gasteiger partial charge >= 0.3 is 0 Å². The maximum Gasteiger partial charge on any atom is 0.157 e. The van der Waals surface area contributed by atoms with Gasteiger partial charge in [-0.05, 0) is 30.2 Å². The highest BCUT2D eigenvalue weighted by atomic mass is 35.5. The second-order valence-electron chi connectivity index (χ2n) is 5.22. The van der Waals surface area contributed by atoms with Crippen LogP contribution in [-0.4, -0.2) is 19.3 Å². The van der Waals surface area contributed by atoms with Gasteiger partial charge in [-0.15, -0.1) is 0 Å². The summed E-state index contributed by atoms with van der Waals surface area (Å²) in [6.45, 7) is 1.91. The molecule has 1 atom stereocenters. The number of hydrogen-bond donors (Lipinski definition) is 1. The van der Waals surface area contributed by atoms with Crippen LogP contribution in [0.2, 0.25) is 5.02 Å². The maximum absolute atomic E-state index is 13.0. The summed E-state index contributed by atoms with van der Waals surface area (Å²) in [6.07, 6.45) is -1.11. The van der Waals surface area contributed by atoms with Crippen molar-refractivity contribution >= 4 is 21.4 Å². The lowest BCUT2D eigenvalue weighted by atomic mass is 10.1. The van der Waals surface area contributed by atoms with Crippen molar-refractivity contribution in [2.75, 3.05) is 5.75 Å². The zero-order valence-electron chi connectivity index (χ0n) is 12.0. The molecule has 0 spiro atoms. The normalized spacial score (nSPS) is 13.1. The van der Waals surface area contributed by atoms with Gasteiger partial charge < -0.3 is 5.11 Å². The number of hydrogen-bond acceptors (Lipinski definition) is 3. The molecule has 0 heterocycles. The summed E-state index contributed by atoms with van der Waals surface area (Å²) in [4.78, 5) is 0. The molecule has 3 nitrogen and oxygen atoms in total. The number of rotatable bonds is 5. The van der Waals surface area contributed by atoms with Crippen LogP contribution >= 0.6 is 11.6 Å². The predicted octanol–water partition coefficient (Wildman–Crippen LogP) is 3.44. The first-order valence-corrected chi connectivity index (χ1v) is 8.86. The SMILES string of the molecule is Cc1ccc(C(O)CS(=O)(=O)Cc2ccc(F)cc2Cl)cc1. The summed E-state index contributed by atoms with van der Waals surface area (Å²) in [5.41, 5.74) is 1.88. The molecular weight excluding hydrogens is 327 g/mol. The van der Waals surface area contributed by atoms with Crippen LogP contribution in [0.15, 0.2) is 42.5 Å². The third kappa shape index (κ3) is 4.53. The van der Waals surface area contributed by atoms with Crippen LogP contribution in [0.25, 0.3) is 0 Å². The van der Waals surface area contributed by atoms with E-state index in [0.717, 1.165) is 17.7 Å². The number of aryl methyl sites for hydroxylation is 1. The van der Waals surface area contributed by atoms with Crippen molar-refractivity contribution in [3.8, 4) is 0 Å². The highest BCUT2D eigenvalue weighted by molar-refractivity contribution is 7.90. The van der Waals surface area contributed by atoms with E-state index in [1.807, 2.05) is 19.1 Å². The predicted molar refractivity (Wildman–Crippen MR) is 85.0 cm³/mol. The van der Waals surface area contributed by atoms with Crippen molar-refractivity contribution in [1.29, 1.82) is 0 Å². The Morgan fingerprint density at radius 3 is 2.41 bits per heavy atom. The summed E-state index contributed by atoms with van der Waals surface area (Å²) in [7, 11) is -3.58. The van der Waals surface area contributed by atoms with Crippen LogP contribution in [0, 0.1) is 12.7 Å². The third-order valence-electron chi connectivity index (χ3n) is 3.26. The molecular formula is C16H16ClFO3S. The molecule has 6 heteroatoms. The van der Waals surface area contributed by atoms with Gasteiger partial charge in [-0.2, -0.15) is 0 Å². The maximum atomic E-state index is 13.0. The van der Waals surface area contributed by atoms with Gasteiger partial charge in [-0.25, -0.2) is 12.8 Å². The molecule has 1 unspecified atom stereocenters. The first-order valence-electron chi connectivity index (χ1n) is 6.66. The number of halogens is 2. The number of aliphatic hydroxyl groups is 1. The van der Waals surface area contributed by atoms with E-state index in [9.17, 15) is 17.9 Å². The van der Waals surface area contributed by atoms with Gasteiger partial charge in [0.2, 0.25) is 0 Å². The van der Waals surface area contributed by atoms with E-state index in [2.05, 4.69) is 0 Å². The van der Waals surface area contributed by atoms with Gasteiger partial charge in [0.05, 0.1) is 17.6 Å². The summed E-state index contributed by atoms with van der Waals surface area (Å²) in [5.74, 6) is -1.27. The standard InChI is InChI=1S/C16H16ClFO3S/c1-11-2-4-12(5-3-11)16(19)10-22(20,21)9-13-6-7-14(18)8-15(13)17/h2-8,16,19H,9-10H2,1H3. The van der Waals surface area contributed by atoms with Crippen LogP contribution < -0.4 is 0 Å². The van der Waals surface area contributed by atoms with Crippen LogP contribution in [0.3, 0.4) is 0 Å². The highest BCUT2D eigenvalue weighted by Crippen LogP contribution is 2.22. The molecule has 0 aliphatic carbocycles. The topological polar surface area (TPSA) is 54.4 Å². The fourth-order valence-corrected chi connectivity index (χ4v) is 3.89. The first-order chi connectivity index (χ1) is 10.3. The molecule has 0 saturated carbocycles. The molecule has 2 aromatic rings. The Labute approximate surface area is 134 Å². The van der Waals surface area contributed by atoms with Crippen molar-refractivity contribution < 1.29 is 17.9 Å². The Morgan fingerprint density at radius 1 is 1.18 bits per heavy atom. The van der Waals surface area contributed by atoms with Crippen LogP contribution in [0.1, 0.15) is 22.8 Å². The van der Waals surface area contributed by atoms with Gasteiger partial charge in [-0.1, -0.05) is 47.5 Å². The molecule has 0 aliphatic rings. The third-order valence-corrected chi connectivity index (χ3v) is 5.19. The minimum absolute atomic E-state index is 0.0633. The van der Waals surface area contributed by atoms with Crippen molar-refractivity contribution in [2.45, 2.75) is 18.8 Å².